The van der Waals surface area contributed by atoms with Gasteiger partial charge in [-0.1, -0.05) is 116 Å². The van der Waals surface area contributed by atoms with E-state index < -0.39 is 48.5 Å². The third-order valence-corrected chi connectivity index (χ3v) is 17.1. The highest BCUT2D eigenvalue weighted by Gasteiger charge is 2.46. The van der Waals surface area contributed by atoms with E-state index in [1.165, 1.54) is 11.1 Å². The topological polar surface area (TPSA) is 240 Å². The van der Waals surface area contributed by atoms with Crippen LogP contribution < -0.4 is 31.9 Å². The molecule has 0 saturated carbocycles. The molecule has 20 heteroatoms. The van der Waals surface area contributed by atoms with Gasteiger partial charge in [-0.15, -0.1) is 5.10 Å². The third-order valence-electron chi connectivity index (χ3n) is 17.1. The lowest BCUT2D eigenvalue weighted by molar-refractivity contribution is -0.144. The van der Waals surface area contributed by atoms with E-state index in [0.717, 1.165) is 101 Å². The van der Waals surface area contributed by atoms with Crippen LogP contribution in [0.2, 0.25) is 0 Å². The third kappa shape index (κ3) is 16.7. The van der Waals surface area contributed by atoms with Crippen molar-refractivity contribution in [3.05, 3.63) is 119 Å². The number of nitrogens with zero attached hydrogens (tertiary/aromatic N) is 8. The van der Waals surface area contributed by atoms with Gasteiger partial charge in [0, 0.05) is 31.4 Å². The fourth-order valence-electron chi connectivity index (χ4n) is 12.1. The molecule has 4 saturated heterocycles. The monoisotopic (exact) mass is 1140 g/mol. The van der Waals surface area contributed by atoms with Gasteiger partial charge in [-0.2, -0.15) is 5.10 Å². The number of unbranched alkanes of at least 4 members (excludes halogenated alkanes) is 2. The highest BCUT2D eigenvalue weighted by molar-refractivity contribution is 5.95. The van der Waals surface area contributed by atoms with Gasteiger partial charge < -0.3 is 41.7 Å². The van der Waals surface area contributed by atoms with Gasteiger partial charge in [0.15, 0.2) is 0 Å². The number of carbonyl (C=O) groups is 6. The van der Waals surface area contributed by atoms with Crippen LogP contribution in [0.3, 0.4) is 0 Å². The lowest BCUT2D eigenvalue weighted by atomic mass is 9.98. The number of likely N-dealkylation sites (N-methyl/N-ethyl adjacent to an activating group) is 2. The SMILES string of the molecule is C/C=N\N(C=N[C@@H](NC(=O)[C@@H]1CCC2CCCCC(NC(=O)[C@H](C)NC)C(=O)N21)c1ccccc1)CCCCc1ccc(CCCCn2cc([C@@H](NC(=O)[C@@H]3CCC4CCCCC(NC(=O)[C@H](C)NC)C(=O)N43)c3ccccc3)nn2)cc1. The summed E-state index contributed by atoms with van der Waals surface area (Å²) in [5.41, 5.74) is 4.83. The number of aromatic nitrogens is 3. The molecule has 4 aliphatic rings. The van der Waals surface area contributed by atoms with E-state index in [0.29, 0.717) is 44.5 Å². The summed E-state index contributed by atoms with van der Waals surface area (Å²) < 4.78 is 1.84. The van der Waals surface area contributed by atoms with Crippen molar-refractivity contribution in [2.24, 2.45) is 10.1 Å². The minimum atomic E-state index is -0.705. The maximum atomic E-state index is 14.3. The Morgan fingerprint density at radius 1 is 0.639 bits per heavy atom. The number of aliphatic imine (C=N–C) groups is 1. The van der Waals surface area contributed by atoms with Crippen molar-refractivity contribution in [3.63, 3.8) is 0 Å². The first-order valence-electron chi connectivity index (χ1n) is 30.4. The van der Waals surface area contributed by atoms with Crippen LogP contribution in [0, 0.1) is 0 Å². The molecular weight excluding hydrogens is 1050 g/mol. The molecule has 20 nitrogen and oxygen atoms in total. The first-order chi connectivity index (χ1) is 40.3. The Bertz CT molecular complexity index is 2810. The molecule has 4 aliphatic heterocycles. The summed E-state index contributed by atoms with van der Waals surface area (Å²) in [7, 11) is 3.42. The maximum Gasteiger partial charge on any atom is 0.246 e. The Morgan fingerprint density at radius 3 is 1.67 bits per heavy atom. The van der Waals surface area contributed by atoms with E-state index in [2.05, 4.69) is 71.6 Å². The lowest BCUT2D eigenvalue weighted by Gasteiger charge is -2.36. The number of hydrazone groups is 1. The second-order valence-electron chi connectivity index (χ2n) is 22.8. The van der Waals surface area contributed by atoms with Crippen LogP contribution in [-0.4, -0.2) is 147 Å². The molecule has 5 heterocycles. The summed E-state index contributed by atoms with van der Waals surface area (Å²) in [5, 5.41) is 33.6. The van der Waals surface area contributed by atoms with Crippen molar-refractivity contribution in [1.82, 2.24) is 61.7 Å². The van der Waals surface area contributed by atoms with E-state index in [4.69, 9.17) is 4.99 Å². The summed E-state index contributed by atoms with van der Waals surface area (Å²) in [6.07, 6.45) is 18.9. The molecule has 1 aromatic heterocycles. The Morgan fingerprint density at radius 2 is 1.14 bits per heavy atom. The zero-order chi connectivity index (χ0) is 58.7. The number of hydrogen-bond acceptors (Lipinski definition) is 12. The molecule has 0 radical (unpaired) electrons. The van der Waals surface area contributed by atoms with Crippen molar-refractivity contribution in [2.45, 2.75) is 203 Å². The smallest absolute Gasteiger partial charge is 0.246 e. The molecular formula is C63H88N14O6. The van der Waals surface area contributed by atoms with Gasteiger partial charge in [-0.3, -0.25) is 38.5 Å². The Balaban J connectivity index is 0.799. The quantitative estimate of drug-likeness (QED) is 0.0184. The van der Waals surface area contributed by atoms with Crippen LogP contribution in [0.5, 0.6) is 0 Å². The van der Waals surface area contributed by atoms with E-state index in [1.807, 2.05) is 78.5 Å². The predicted octanol–water partition coefficient (Wildman–Crippen LogP) is 6.03. The molecule has 8 rings (SSSR count). The molecule has 4 unspecified atom stereocenters. The standard InChI is InChI=1S/C63H88N14O6/c1-6-67-75(42-66-57(48-25-11-8-12-26-48)71-61(81)55-38-36-50-28-14-16-30-52(63(83)77(50)55)69-59(79)44(3)65-5)40-20-18-22-46-33-31-45(32-34-46)21-17-19-39-74-41-53(72-73-74)56(47-23-9-7-10-24-47)70-60(80)54-37-35-49-27-13-15-29-51(62(82)76(49)54)68-58(78)43(2)64-4/h6-12,23-26,31-34,41-44,49-52,54-57,64-65H,13-22,27-30,35-40H2,1-5H3,(H,68,78)(H,69,79)(H,70,80)(H,71,81)/b66-42?,67-6-/t43-,44-,49?,50?,51?,52?,54-,55-,56-,57-/m0/s1. The maximum absolute atomic E-state index is 14.3. The molecule has 6 amide bonds. The van der Waals surface area contributed by atoms with Crippen molar-refractivity contribution >= 4 is 48.0 Å². The molecule has 4 fully saturated rings. The summed E-state index contributed by atoms with van der Waals surface area (Å²) in [6, 6.07) is 23.9. The number of carbonyl (C=O) groups excluding carboxylic acids is 6. The molecule has 6 N–H and O–H groups in total. The van der Waals surface area contributed by atoms with Crippen molar-refractivity contribution in [3.8, 4) is 0 Å². The molecule has 3 aromatic carbocycles. The van der Waals surface area contributed by atoms with E-state index in [1.54, 1.807) is 55.3 Å². The van der Waals surface area contributed by atoms with Gasteiger partial charge >= 0.3 is 0 Å². The summed E-state index contributed by atoms with van der Waals surface area (Å²) in [6.45, 7) is 6.68. The fraction of sp³-hybridized carbons (Fsp3) is 0.556. The average molecular weight is 1140 g/mol. The zero-order valence-electron chi connectivity index (χ0n) is 49.3. The summed E-state index contributed by atoms with van der Waals surface area (Å²) in [4.78, 5) is 90.8. The molecule has 0 bridgehead atoms. The van der Waals surface area contributed by atoms with Crippen LogP contribution in [0.1, 0.15) is 164 Å². The van der Waals surface area contributed by atoms with Crippen LogP contribution >= 0.6 is 0 Å². The number of nitrogens with one attached hydrogen (secondary N) is 6. The molecule has 10 atom stereocenters. The van der Waals surface area contributed by atoms with Gasteiger partial charge in [0.25, 0.3) is 0 Å². The van der Waals surface area contributed by atoms with Gasteiger partial charge in [-0.25, -0.2) is 4.99 Å². The largest absolute Gasteiger partial charge is 0.343 e. The number of benzene rings is 3. The highest BCUT2D eigenvalue weighted by atomic mass is 16.2. The van der Waals surface area contributed by atoms with E-state index >= 15 is 0 Å². The fourth-order valence-corrected chi connectivity index (χ4v) is 12.1. The van der Waals surface area contributed by atoms with Crippen LogP contribution in [0.15, 0.2) is 101 Å². The first-order valence-corrected chi connectivity index (χ1v) is 30.4. The second kappa shape index (κ2) is 30.8. The molecule has 0 aliphatic carbocycles. The van der Waals surface area contributed by atoms with Gasteiger partial charge in [0.1, 0.15) is 42.4 Å². The summed E-state index contributed by atoms with van der Waals surface area (Å²) in [5.74, 6) is -1.36. The number of fused-ring (bicyclic) bond motifs is 2. The number of hydrogen-bond donors (Lipinski definition) is 6. The Kier molecular flexibility index (Phi) is 22.9. The zero-order valence-corrected chi connectivity index (χ0v) is 49.3. The average Bonchev–Trinajstić information content (AvgIpc) is 4.42. The molecule has 83 heavy (non-hydrogen) atoms. The summed E-state index contributed by atoms with van der Waals surface area (Å²) >= 11 is 0. The van der Waals surface area contributed by atoms with Crippen molar-refractivity contribution in [2.75, 3.05) is 20.6 Å². The van der Waals surface area contributed by atoms with Crippen LogP contribution in [0.4, 0.5) is 0 Å². The molecule has 4 aromatic rings. The van der Waals surface area contributed by atoms with Gasteiger partial charge in [0.2, 0.25) is 35.4 Å². The lowest BCUT2D eigenvalue weighted by Crippen LogP contribution is -2.58. The predicted molar refractivity (Wildman–Crippen MR) is 321 cm³/mol. The van der Waals surface area contributed by atoms with Crippen LogP contribution in [-0.2, 0) is 48.2 Å². The minimum Gasteiger partial charge on any atom is -0.343 e. The number of aryl methyl sites for hydroxylation is 3. The Labute approximate surface area is 489 Å². The normalized spacial score (nSPS) is 22.6. The first kappa shape index (κ1) is 61.7. The van der Waals surface area contributed by atoms with Gasteiger partial charge in [-0.05, 0) is 147 Å². The number of rotatable bonds is 26. The number of amides is 6. The van der Waals surface area contributed by atoms with Gasteiger partial charge in [0.05, 0.1) is 24.3 Å². The van der Waals surface area contributed by atoms with E-state index in [-0.39, 0.29) is 47.5 Å². The van der Waals surface area contributed by atoms with E-state index in [9.17, 15) is 28.8 Å². The Hall–Kier alpha value is -7.32. The second-order valence-corrected chi connectivity index (χ2v) is 22.8. The van der Waals surface area contributed by atoms with Crippen molar-refractivity contribution < 1.29 is 28.8 Å². The highest BCUT2D eigenvalue weighted by Crippen LogP contribution is 2.34. The molecule has 0 spiro atoms. The molecule has 446 valence electrons. The van der Waals surface area contributed by atoms with Crippen LogP contribution in [0.25, 0.3) is 0 Å². The minimum absolute atomic E-state index is 0.0500. The van der Waals surface area contributed by atoms with Crippen molar-refractivity contribution in [1.29, 1.82) is 0 Å².